The molecule has 0 saturated heterocycles. The van der Waals surface area contributed by atoms with E-state index >= 15 is 0 Å². The van der Waals surface area contributed by atoms with E-state index in [-0.39, 0.29) is 11.3 Å². The molecule has 0 aromatic heterocycles. The van der Waals surface area contributed by atoms with Crippen molar-refractivity contribution in [3.63, 3.8) is 0 Å². The molecule has 0 unspecified atom stereocenters. The first-order valence-corrected chi connectivity index (χ1v) is 4.09. The van der Waals surface area contributed by atoms with Gasteiger partial charge in [0.25, 0.3) is 0 Å². The summed E-state index contributed by atoms with van der Waals surface area (Å²) in [7, 11) is 6.89. The fraction of sp³-hybridized carbons (Fsp3) is 0.222. The maximum Gasteiger partial charge on any atom is 0.433 e. The van der Waals surface area contributed by atoms with E-state index in [9.17, 15) is 13.2 Å². The molecule has 0 aliphatic heterocycles. The van der Waals surface area contributed by atoms with Crippen LogP contribution in [0.3, 0.4) is 0 Å². The summed E-state index contributed by atoms with van der Waals surface area (Å²) >= 11 is 0. The predicted molar refractivity (Wildman–Crippen MR) is 54.3 cm³/mol. The minimum atomic E-state index is -4.65. The normalized spacial score (nSPS) is 11.2. The Morgan fingerprint density at radius 3 is 2.47 bits per heavy atom. The van der Waals surface area contributed by atoms with Crippen LogP contribution in [0.15, 0.2) is 18.2 Å². The second-order valence-electron chi connectivity index (χ2n) is 2.93. The maximum atomic E-state index is 12.3. The van der Waals surface area contributed by atoms with E-state index in [2.05, 4.69) is 5.32 Å². The van der Waals surface area contributed by atoms with E-state index in [1.165, 1.54) is 25.2 Å². The highest BCUT2D eigenvalue weighted by atomic mass is 19.4. The van der Waals surface area contributed by atoms with Crippen LogP contribution in [0.2, 0.25) is 0 Å². The Labute approximate surface area is 86.4 Å². The van der Waals surface area contributed by atoms with E-state index in [1.54, 1.807) is 0 Å². The number of hydrogen-bond acceptors (Lipinski definition) is 2. The highest BCUT2D eigenvalue weighted by molar-refractivity contribution is 6.33. The van der Waals surface area contributed by atoms with Crippen molar-refractivity contribution in [2.24, 2.45) is 0 Å². The summed E-state index contributed by atoms with van der Waals surface area (Å²) in [6.07, 6.45) is -4.65. The number of hydrogen-bond donors (Lipinski definition) is 2. The summed E-state index contributed by atoms with van der Waals surface area (Å²) in [6.45, 7) is 0. The number of rotatable bonds is 2. The Balaban J connectivity index is 3.20. The lowest BCUT2D eigenvalue weighted by Crippen LogP contribution is -2.24. The fourth-order valence-electron chi connectivity index (χ4n) is 1.14. The van der Waals surface area contributed by atoms with Crippen molar-refractivity contribution in [3.05, 3.63) is 23.8 Å². The highest BCUT2D eigenvalue weighted by Crippen LogP contribution is 2.25. The Morgan fingerprint density at radius 1 is 1.40 bits per heavy atom. The van der Waals surface area contributed by atoms with Crippen LogP contribution in [0.4, 0.5) is 18.9 Å². The van der Waals surface area contributed by atoms with Crippen LogP contribution in [0, 0.1) is 5.41 Å². The summed E-state index contributed by atoms with van der Waals surface area (Å²) in [5.74, 6) is 0. The van der Waals surface area contributed by atoms with Crippen LogP contribution in [0.1, 0.15) is 5.56 Å². The first kappa shape index (κ1) is 11.6. The zero-order valence-electron chi connectivity index (χ0n) is 7.94. The van der Waals surface area contributed by atoms with Crippen molar-refractivity contribution in [2.75, 3.05) is 12.4 Å². The molecule has 1 rings (SSSR count). The quantitative estimate of drug-likeness (QED) is 0.564. The smallest absolute Gasteiger partial charge is 0.388 e. The highest BCUT2D eigenvalue weighted by Gasteiger charge is 2.36. The van der Waals surface area contributed by atoms with Gasteiger partial charge < -0.3 is 5.32 Å². The van der Waals surface area contributed by atoms with E-state index in [0.29, 0.717) is 5.46 Å². The monoisotopic (exact) mass is 212 g/mol. The summed E-state index contributed by atoms with van der Waals surface area (Å²) in [4.78, 5) is 0. The van der Waals surface area contributed by atoms with Crippen molar-refractivity contribution in [1.29, 1.82) is 5.41 Å². The molecule has 0 saturated carbocycles. The van der Waals surface area contributed by atoms with Gasteiger partial charge in [0.05, 0.1) is 0 Å². The van der Waals surface area contributed by atoms with E-state index < -0.39 is 11.9 Å². The summed E-state index contributed by atoms with van der Waals surface area (Å²) in [5, 5.41) is 9.56. The molecule has 0 amide bonds. The third kappa shape index (κ3) is 2.52. The average Bonchev–Trinajstić information content (AvgIpc) is 2.15. The standard InChI is InChI=1S/C9H8BF3N2/c1-15-7-4-5(10)2-3-6(7)8(14)9(11,12)13/h2-4,14-15H,1H3. The lowest BCUT2D eigenvalue weighted by atomic mass is 9.93. The third-order valence-electron chi connectivity index (χ3n) is 1.87. The van der Waals surface area contributed by atoms with Gasteiger partial charge in [-0.15, -0.1) is 0 Å². The fourth-order valence-corrected chi connectivity index (χ4v) is 1.14. The van der Waals surface area contributed by atoms with Gasteiger partial charge in [-0.1, -0.05) is 17.6 Å². The van der Waals surface area contributed by atoms with Gasteiger partial charge in [-0.2, -0.15) is 13.2 Å². The van der Waals surface area contributed by atoms with Crippen LogP contribution in [-0.4, -0.2) is 26.8 Å². The number of nitrogens with one attached hydrogen (secondary N) is 2. The zero-order chi connectivity index (χ0) is 11.6. The van der Waals surface area contributed by atoms with Crippen LogP contribution in [0.5, 0.6) is 0 Å². The van der Waals surface area contributed by atoms with Crippen molar-refractivity contribution in [1.82, 2.24) is 0 Å². The van der Waals surface area contributed by atoms with Gasteiger partial charge in [0.15, 0.2) is 0 Å². The molecule has 1 aromatic carbocycles. The molecule has 2 nitrogen and oxygen atoms in total. The Morgan fingerprint density at radius 2 is 2.00 bits per heavy atom. The second kappa shape index (κ2) is 3.96. The van der Waals surface area contributed by atoms with Gasteiger partial charge in [0.1, 0.15) is 13.6 Å². The summed E-state index contributed by atoms with van der Waals surface area (Å²) in [6, 6.07) is 3.86. The molecule has 0 atom stereocenters. The summed E-state index contributed by atoms with van der Waals surface area (Å²) < 4.78 is 36.8. The van der Waals surface area contributed by atoms with E-state index in [4.69, 9.17) is 13.3 Å². The van der Waals surface area contributed by atoms with Gasteiger partial charge in [-0.3, -0.25) is 5.41 Å². The average molecular weight is 212 g/mol. The first-order chi connectivity index (χ1) is 6.86. The number of halogens is 3. The number of anilines is 1. The molecule has 15 heavy (non-hydrogen) atoms. The van der Waals surface area contributed by atoms with E-state index in [1.807, 2.05) is 0 Å². The minimum Gasteiger partial charge on any atom is -0.388 e. The van der Waals surface area contributed by atoms with Gasteiger partial charge in [-0.25, -0.2) is 0 Å². The van der Waals surface area contributed by atoms with Crippen LogP contribution in [0.25, 0.3) is 0 Å². The minimum absolute atomic E-state index is 0.192. The number of alkyl halides is 3. The molecule has 0 aliphatic rings. The SMILES string of the molecule is [B]c1ccc(C(=N)C(F)(F)F)c(NC)c1. The molecule has 2 radical (unpaired) electrons. The van der Waals surface area contributed by atoms with E-state index in [0.717, 1.165) is 0 Å². The predicted octanol–water partition coefficient (Wildman–Crippen LogP) is 1.45. The largest absolute Gasteiger partial charge is 0.433 e. The van der Waals surface area contributed by atoms with Crippen molar-refractivity contribution < 1.29 is 13.2 Å². The van der Waals surface area contributed by atoms with Gasteiger partial charge in [-0.05, 0) is 6.07 Å². The molecular formula is C9H8BF3N2. The molecule has 0 aliphatic carbocycles. The Kier molecular flexibility index (Phi) is 3.07. The Hall–Kier alpha value is -1.46. The zero-order valence-corrected chi connectivity index (χ0v) is 7.94. The maximum absolute atomic E-state index is 12.3. The van der Waals surface area contributed by atoms with Crippen molar-refractivity contribution >= 4 is 24.7 Å². The first-order valence-electron chi connectivity index (χ1n) is 4.09. The van der Waals surface area contributed by atoms with Crippen LogP contribution < -0.4 is 10.8 Å². The third-order valence-corrected chi connectivity index (χ3v) is 1.87. The van der Waals surface area contributed by atoms with Gasteiger partial charge in [0.2, 0.25) is 0 Å². The van der Waals surface area contributed by atoms with Gasteiger partial charge >= 0.3 is 6.18 Å². The van der Waals surface area contributed by atoms with Gasteiger partial charge in [0, 0.05) is 18.3 Å². The molecule has 6 heteroatoms. The molecule has 0 spiro atoms. The topological polar surface area (TPSA) is 35.9 Å². The van der Waals surface area contributed by atoms with Crippen LogP contribution >= 0.6 is 0 Å². The lowest BCUT2D eigenvalue weighted by Gasteiger charge is -2.13. The van der Waals surface area contributed by atoms with Crippen LogP contribution in [-0.2, 0) is 0 Å². The molecule has 78 valence electrons. The van der Waals surface area contributed by atoms with Crippen molar-refractivity contribution in [3.8, 4) is 0 Å². The summed E-state index contributed by atoms with van der Waals surface area (Å²) in [5.41, 5.74) is -1.05. The second-order valence-corrected chi connectivity index (χ2v) is 2.93. The molecule has 1 aromatic rings. The number of benzene rings is 1. The molecule has 0 heterocycles. The molecule has 2 N–H and O–H groups in total. The lowest BCUT2D eigenvalue weighted by molar-refractivity contribution is -0.0587. The molecule has 0 fully saturated rings. The Bertz CT molecular complexity index is 387. The van der Waals surface area contributed by atoms with Crippen molar-refractivity contribution in [2.45, 2.75) is 6.18 Å². The molecular weight excluding hydrogens is 204 g/mol. The molecule has 0 bridgehead atoms.